The van der Waals surface area contributed by atoms with Crippen molar-refractivity contribution in [1.82, 2.24) is 9.80 Å². The summed E-state index contributed by atoms with van der Waals surface area (Å²) < 4.78 is 5.05. The van der Waals surface area contributed by atoms with Crippen molar-refractivity contribution >= 4 is 24.3 Å². The number of nitrogens with zero attached hydrogens (tertiary/aromatic N) is 2. The SMILES string of the molecule is CN(C)C(=O)/C(=C\c1ccco1)C(=O)N(C)C=O. The fourth-order valence-corrected chi connectivity index (χ4v) is 1.21. The lowest BCUT2D eigenvalue weighted by molar-refractivity contribution is -0.136. The molecule has 0 aliphatic carbocycles. The molecule has 0 saturated heterocycles. The van der Waals surface area contributed by atoms with Crippen LogP contribution in [0.15, 0.2) is 28.4 Å². The molecule has 0 N–H and O–H groups in total. The molecule has 1 aromatic rings. The predicted octanol–water partition coefficient (Wildman–Crippen LogP) is 0.366. The Morgan fingerprint density at radius 1 is 1.22 bits per heavy atom. The van der Waals surface area contributed by atoms with E-state index in [1.807, 2.05) is 0 Å². The van der Waals surface area contributed by atoms with E-state index in [1.165, 1.54) is 38.4 Å². The van der Waals surface area contributed by atoms with Crippen LogP contribution < -0.4 is 0 Å². The van der Waals surface area contributed by atoms with E-state index in [0.717, 1.165) is 4.90 Å². The van der Waals surface area contributed by atoms with Crippen LogP contribution in [0, 0.1) is 0 Å². The maximum absolute atomic E-state index is 11.9. The van der Waals surface area contributed by atoms with Crippen LogP contribution in [0.4, 0.5) is 0 Å². The van der Waals surface area contributed by atoms with Gasteiger partial charge in [0.2, 0.25) is 6.41 Å². The van der Waals surface area contributed by atoms with Crippen molar-refractivity contribution < 1.29 is 18.8 Å². The minimum absolute atomic E-state index is 0.135. The quantitative estimate of drug-likeness (QED) is 0.335. The summed E-state index contributed by atoms with van der Waals surface area (Å²) in [5.74, 6) is -0.807. The standard InChI is InChI=1S/C12H14N2O4/c1-13(2)11(16)10(12(17)14(3)8-15)7-9-5-4-6-18-9/h4-8H,1-3H3/b10-7+. The molecule has 0 fully saturated rings. The predicted molar refractivity (Wildman–Crippen MR) is 64.2 cm³/mol. The highest BCUT2D eigenvalue weighted by Gasteiger charge is 2.23. The van der Waals surface area contributed by atoms with Gasteiger partial charge in [0, 0.05) is 21.1 Å². The summed E-state index contributed by atoms with van der Waals surface area (Å²) in [4.78, 5) is 36.4. The van der Waals surface area contributed by atoms with Crippen molar-refractivity contribution in [2.24, 2.45) is 0 Å². The summed E-state index contributed by atoms with van der Waals surface area (Å²) in [6, 6.07) is 3.24. The van der Waals surface area contributed by atoms with Gasteiger partial charge in [-0.05, 0) is 18.2 Å². The zero-order valence-corrected chi connectivity index (χ0v) is 10.4. The summed E-state index contributed by atoms with van der Waals surface area (Å²) in [6.45, 7) is 0. The summed E-state index contributed by atoms with van der Waals surface area (Å²) in [6.07, 6.45) is 3.09. The number of rotatable bonds is 4. The molecule has 6 nitrogen and oxygen atoms in total. The molecule has 1 aromatic heterocycles. The third-order valence-corrected chi connectivity index (χ3v) is 2.18. The van der Waals surface area contributed by atoms with Crippen molar-refractivity contribution in [3.05, 3.63) is 29.7 Å². The highest BCUT2D eigenvalue weighted by Crippen LogP contribution is 2.11. The Hall–Kier alpha value is -2.37. The summed E-state index contributed by atoms with van der Waals surface area (Å²) in [7, 11) is 4.33. The average Bonchev–Trinajstić information content (AvgIpc) is 2.86. The molecule has 0 aromatic carbocycles. The fraction of sp³-hybridized carbons (Fsp3) is 0.250. The van der Waals surface area contributed by atoms with Crippen LogP contribution in [0.1, 0.15) is 5.76 Å². The lowest BCUT2D eigenvalue weighted by atomic mass is 10.1. The zero-order chi connectivity index (χ0) is 13.7. The van der Waals surface area contributed by atoms with Gasteiger partial charge in [-0.2, -0.15) is 0 Å². The number of furan rings is 1. The van der Waals surface area contributed by atoms with E-state index in [-0.39, 0.29) is 5.57 Å². The highest BCUT2D eigenvalue weighted by atomic mass is 16.3. The topological polar surface area (TPSA) is 70.8 Å². The van der Waals surface area contributed by atoms with Crippen LogP contribution in [0.3, 0.4) is 0 Å². The van der Waals surface area contributed by atoms with Crippen molar-refractivity contribution in [3.63, 3.8) is 0 Å². The van der Waals surface area contributed by atoms with E-state index in [4.69, 9.17) is 4.42 Å². The maximum Gasteiger partial charge on any atom is 0.265 e. The first kappa shape index (κ1) is 13.7. The van der Waals surface area contributed by atoms with Gasteiger partial charge in [-0.3, -0.25) is 19.3 Å². The van der Waals surface area contributed by atoms with Crippen LogP contribution in [-0.2, 0) is 14.4 Å². The first-order valence-corrected chi connectivity index (χ1v) is 5.16. The second-order valence-electron chi connectivity index (χ2n) is 3.79. The largest absolute Gasteiger partial charge is 0.465 e. The summed E-state index contributed by atoms with van der Waals surface area (Å²) in [5.41, 5.74) is -0.135. The highest BCUT2D eigenvalue weighted by molar-refractivity contribution is 6.22. The molecule has 0 unspecified atom stereocenters. The lowest BCUT2D eigenvalue weighted by Crippen LogP contribution is -2.34. The fourth-order valence-electron chi connectivity index (χ4n) is 1.21. The van der Waals surface area contributed by atoms with Gasteiger partial charge >= 0.3 is 0 Å². The third-order valence-electron chi connectivity index (χ3n) is 2.18. The molecule has 3 amide bonds. The van der Waals surface area contributed by atoms with E-state index in [1.54, 1.807) is 12.1 Å². The Morgan fingerprint density at radius 2 is 1.89 bits per heavy atom. The van der Waals surface area contributed by atoms with E-state index < -0.39 is 11.8 Å². The molecular formula is C12H14N2O4. The normalized spacial score (nSPS) is 10.9. The molecule has 1 rings (SSSR count). The van der Waals surface area contributed by atoms with Gasteiger partial charge in [-0.1, -0.05) is 0 Å². The molecule has 0 spiro atoms. The summed E-state index contributed by atoms with van der Waals surface area (Å²) >= 11 is 0. The van der Waals surface area contributed by atoms with E-state index in [2.05, 4.69) is 0 Å². The monoisotopic (exact) mass is 250 g/mol. The van der Waals surface area contributed by atoms with Crippen LogP contribution >= 0.6 is 0 Å². The third kappa shape index (κ3) is 3.07. The molecule has 18 heavy (non-hydrogen) atoms. The number of amides is 3. The van der Waals surface area contributed by atoms with Gasteiger partial charge in [0.15, 0.2) is 0 Å². The molecule has 0 atom stereocenters. The van der Waals surface area contributed by atoms with Crippen LogP contribution in [-0.4, -0.2) is 49.2 Å². The molecule has 0 bridgehead atoms. The van der Waals surface area contributed by atoms with Gasteiger partial charge in [0.05, 0.1) is 6.26 Å². The van der Waals surface area contributed by atoms with E-state index >= 15 is 0 Å². The van der Waals surface area contributed by atoms with Crippen molar-refractivity contribution in [2.45, 2.75) is 0 Å². The smallest absolute Gasteiger partial charge is 0.265 e. The Morgan fingerprint density at radius 3 is 2.33 bits per heavy atom. The molecule has 96 valence electrons. The van der Waals surface area contributed by atoms with Crippen molar-refractivity contribution in [2.75, 3.05) is 21.1 Å². The van der Waals surface area contributed by atoms with Gasteiger partial charge in [0.25, 0.3) is 11.8 Å². The number of hydrogen-bond acceptors (Lipinski definition) is 4. The molecular weight excluding hydrogens is 236 g/mol. The average molecular weight is 250 g/mol. The molecule has 0 saturated carbocycles. The molecule has 6 heteroatoms. The Labute approximate surface area is 104 Å². The van der Waals surface area contributed by atoms with Crippen LogP contribution in [0.2, 0.25) is 0 Å². The number of imide groups is 1. The number of hydrogen-bond donors (Lipinski definition) is 0. The minimum atomic E-state index is -0.680. The molecule has 0 aliphatic rings. The Kier molecular flexibility index (Phi) is 4.42. The van der Waals surface area contributed by atoms with Gasteiger partial charge in [0.1, 0.15) is 11.3 Å². The van der Waals surface area contributed by atoms with Crippen LogP contribution in [0.25, 0.3) is 6.08 Å². The minimum Gasteiger partial charge on any atom is -0.465 e. The maximum atomic E-state index is 11.9. The van der Waals surface area contributed by atoms with Crippen molar-refractivity contribution in [1.29, 1.82) is 0 Å². The molecule has 1 heterocycles. The van der Waals surface area contributed by atoms with Crippen molar-refractivity contribution in [3.8, 4) is 0 Å². The van der Waals surface area contributed by atoms with Gasteiger partial charge in [-0.15, -0.1) is 0 Å². The number of carbonyl (C=O) groups is 3. The number of carbonyl (C=O) groups excluding carboxylic acids is 3. The first-order chi connectivity index (χ1) is 8.47. The molecule has 0 radical (unpaired) electrons. The number of likely N-dealkylation sites (N-methyl/N-ethyl adjacent to an activating group) is 2. The van der Waals surface area contributed by atoms with Gasteiger partial charge in [-0.25, -0.2) is 0 Å². The summed E-state index contributed by atoms with van der Waals surface area (Å²) in [5, 5.41) is 0. The lowest BCUT2D eigenvalue weighted by Gasteiger charge is -2.15. The second-order valence-corrected chi connectivity index (χ2v) is 3.79. The zero-order valence-electron chi connectivity index (χ0n) is 10.4. The van der Waals surface area contributed by atoms with Crippen LogP contribution in [0.5, 0.6) is 0 Å². The molecule has 0 aliphatic heterocycles. The Balaban J connectivity index is 3.14. The van der Waals surface area contributed by atoms with E-state index in [9.17, 15) is 14.4 Å². The second kappa shape index (κ2) is 5.81. The van der Waals surface area contributed by atoms with Gasteiger partial charge < -0.3 is 9.32 Å². The van der Waals surface area contributed by atoms with E-state index in [0.29, 0.717) is 12.2 Å². The first-order valence-electron chi connectivity index (χ1n) is 5.16. The Bertz CT molecular complexity index is 474.